The summed E-state index contributed by atoms with van der Waals surface area (Å²) >= 11 is 1.29. The summed E-state index contributed by atoms with van der Waals surface area (Å²) in [6.45, 7) is 0. The first-order valence-corrected chi connectivity index (χ1v) is 6.57. The molecule has 0 spiro atoms. The molecule has 2 aromatic rings. The fraction of sp³-hybridized carbons (Fsp3) is 0.0833. The van der Waals surface area contributed by atoms with Gasteiger partial charge in [0, 0.05) is 16.8 Å². The topological polar surface area (TPSA) is 123 Å². The zero-order chi connectivity index (χ0) is 14.5. The fourth-order valence-electron chi connectivity index (χ4n) is 1.55. The van der Waals surface area contributed by atoms with E-state index in [1.807, 2.05) is 0 Å². The highest BCUT2D eigenvalue weighted by molar-refractivity contribution is 7.13. The van der Waals surface area contributed by atoms with Crippen molar-refractivity contribution in [3.63, 3.8) is 0 Å². The fourth-order valence-corrected chi connectivity index (χ4v) is 2.12. The molecule has 1 heterocycles. The Balaban J connectivity index is 1.92. The smallest absolute Gasteiger partial charge is 0.316 e. The summed E-state index contributed by atoms with van der Waals surface area (Å²) < 4.78 is 0. The van der Waals surface area contributed by atoms with Gasteiger partial charge in [-0.1, -0.05) is 0 Å². The molecule has 0 bridgehead atoms. The van der Waals surface area contributed by atoms with Crippen LogP contribution >= 0.6 is 11.3 Å². The van der Waals surface area contributed by atoms with Gasteiger partial charge in [0.2, 0.25) is 5.91 Å². The van der Waals surface area contributed by atoms with Gasteiger partial charge in [-0.05, 0) is 24.3 Å². The molecule has 1 aromatic carbocycles. The van der Waals surface area contributed by atoms with Crippen molar-refractivity contribution in [3.05, 3.63) is 35.3 Å². The van der Waals surface area contributed by atoms with E-state index in [9.17, 15) is 9.59 Å². The van der Waals surface area contributed by atoms with Crippen LogP contribution in [0.4, 0.5) is 21.3 Å². The minimum Gasteiger partial charge on any atom is -0.375 e. The normalized spacial score (nSPS) is 10.0. The molecule has 3 amide bonds. The predicted octanol–water partition coefficient (Wildman–Crippen LogP) is 1.40. The van der Waals surface area contributed by atoms with E-state index in [1.54, 1.807) is 29.6 Å². The number of urea groups is 1. The highest BCUT2D eigenvalue weighted by atomic mass is 32.1. The number of anilines is 3. The lowest BCUT2D eigenvalue weighted by Gasteiger charge is -2.06. The first kappa shape index (κ1) is 13.8. The Hall–Kier alpha value is -2.61. The van der Waals surface area contributed by atoms with Crippen LogP contribution in [0, 0.1) is 0 Å². The van der Waals surface area contributed by atoms with Crippen molar-refractivity contribution in [1.82, 2.24) is 4.98 Å². The molecule has 0 atom stereocenters. The average molecular weight is 291 g/mol. The van der Waals surface area contributed by atoms with E-state index < -0.39 is 6.03 Å². The van der Waals surface area contributed by atoms with Crippen LogP contribution in [-0.2, 0) is 11.2 Å². The van der Waals surface area contributed by atoms with Crippen LogP contribution in [0.25, 0.3) is 0 Å². The van der Waals surface area contributed by atoms with Crippen LogP contribution in [0.5, 0.6) is 0 Å². The lowest BCUT2D eigenvalue weighted by molar-refractivity contribution is -0.115. The third-order valence-electron chi connectivity index (χ3n) is 2.35. The van der Waals surface area contributed by atoms with E-state index in [2.05, 4.69) is 15.6 Å². The molecule has 0 aliphatic rings. The van der Waals surface area contributed by atoms with Crippen molar-refractivity contribution < 1.29 is 9.59 Å². The molecule has 0 saturated carbocycles. The number of nitrogens with zero attached hydrogens (tertiary/aromatic N) is 1. The van der Waals surface area contributed by atoms with Crippen molar-refractivity contribution in [3.8, 4) is 0 Å². The monoisotopic (exact) mass is 291 g/mol. The summed E-state index contributed by atoms with van der Waals surface area (Å²) in [5, 5.41) is 7.34. The lowest BCUT2D eigenvalue weighted by atomic mass is 10.2. The molecule has 0 fully saturated rings. The molecule has 7 nitrogen and oxygen atoms in total. The molecule has 104 valence electrons. The number of thiazole rings is 1. The van der Waals surface area contributed by atoms with Crippen molar-refractivity contribution in [1.29, 1.82) is 0 Å². The van der Waals surface area contributed by atoms with E-state index in [1.165, 1.54) is 11.3 Å². The van der Waals surface area contributed by atoms with Gasteiger partial charge in [-0.3, -0.25) is 4.79 Å². The largest absolute Gasteiger partial charge is 0.375 e. The molecular weight excluding hydrogens is 278 g/mol. The van der Waals surface area contributed by atoms with E-state index in [0.29, 0.717) is 22.2 Å². The molecule has 0 aliphatic heterocycles. The number of nitrogens with one attached hydrogen (secondary N) is 2. The van der Waals surface area contributed by atoms with Gasteiger partial charge in [-0.25, -0.2) is 9.78 Å². The van der Waals surface area contributed by atoms with E-state index >= 15 is 0 Å². The number of carbonyl (C=O) groups excluding carboxylic acids is 2. The number of aromatic nitrogens is 1. The number of hydrogen-bond acceptors (Lipinski definition) is 5. The molecule has 6 N–H and O–H groups in total. The number of hydrogen-bond donors (Lipinski definition) is 4. The van der Waals surface area contributed by atoms with Gasteiger partial charge in [0.1, 0.15) is 0 Å². The quantitative estimate of drug-likeness (QED) is 0.679. The molecule has 0 aliphatic carbocycles. The molecule has 1 aromatic heterocycles. The highest BCUT2D eigenvalue weighted by Crippen LogP contribution is 2.15. The second-order valence-corrected chi connectivity index (χ2v) is 4.86. The summed E-state index contributed by atoms with van der Waals surface area (Å²) in [5.41, 5.74) is 12.3. The Labute approximate surface area is 119 Å². The SMILES string of the molecule is NC(=O)Nc1ccc(NC(=O)Cc2csc(N)n2)cc1. The van der Waals surface area contributed by atoms with Crippen LogP contribution < -0.4 is 22.1 Å². The summed E-state index contributed by atoms with van der Waals surface area (Å²) in [6, 6.07) is 5.97. The van der Waals surface area contributed by atoms with Gasteiger partial charge < -0.3 is 22.1 Å². The van der Waals surface area contributed by atoms with Gasteiger partial charge in [-0.2, -0.15) is 0 Å². The number of carbonyl (C=O) groups is 2. The Morgan fingerprint density at radius 3 is 2.25 bits per heavy atom. The van der Waals surface area contributed by atoms with Crippen LogP contribution in [0.15, 0.2) is 29.6 Å². The van der Waals surface area contributed by atoms with E-state index in [-0.39, 0.29) is 12.3 Å². The number of rotatable bonds is 4. The van der Waals surface area contributed by atoms with Crippen LogP contribution in [-0.4, -0.2) is 16.9 Å². The third-order valence-corrected chi connectivity index (χ3v) is 3.07. The van der Waals surface area contributed by atoms with Crippen molar-refractivity contribution in [2.75, 3.05) is 16.4 Å². The van der Waals surface area contributed by atoms with Gasteiger partial charge in [0.05, 0.1) is 12.1 Å². The number of nitrogens with two attached hydrogens (primary N) is 2. The van der Waals surface area contributed by atoms with Crippen molar-refractivity contribution in [2.45, 2.75) is 6.42 Å². The third kappa shape index (κ3) is 3.95. The average Bonchev–Trinajstić information content (AvgIpc) is 2.76. The Morgan fingerprint density at radius 2 is 1.75 bits per heavy atom. The predicted molar refractivity (Wildman–Crippen MR) is 78.5 cm³/mol. The van der Waals surface area contributed by atoms with Gasteiger partial charge in [0.15, 0.2) is 5.13 Å². The van der Waals surface area contributed by atoms with Gasteiger partial charge in [-0.15, -0.1) is 11.3 Å². The summed E-state index contributed by atoms with van der Waals surface area (Å²) in [6.07, 6.45) is 0.162. The lowest BCUT2D eigenvalue weighted by Crippen LogP contribution is -2.19. The van der Waals surface area contributed by atoms with Crippen LogP contribution in [0.1, 0.15) is 5.69 Å². The van der Waals surface area contributed by atoms with Gasteiger partial charge in [0.25, 0.3) is 0 Å². The molecule has 0 unspecified atom stereocenters. The molecule has 2 rings (SSSR count). The van der Waals surface area contributed by atoms with Crippen LogP contribution in [0.3, 0.4) is 0 Å². The Kier molecular flexibility index (Phi) is 4.16. The van der Waals surface area contributed by atoms with Crippen LogP contribution in [0.2, 0.25) is 0 Å². The maximum absolute atomic E-state index is 11.8. The van der Waals surface area contributed by atoms with E-state index in [0.717, 1.165) is 0 Å². The summed E-state index contributed by atoms with van der Waals surface area (Å²) in [5.74, 6) is -0.189. The highest BCUT2D eigenvalue weighted by Gasteiger charge is 2.07. The van der Waals surface area contributed by atoms with E-state index in [4.69, 9.17) is 11.5 Å². The Bertz CT molecular complexity index is 623. The molecule has 20 heavy (non-hydrogen) atoms. The Morgan fingerprint density at radius 1 is 1.15 bits per heavy atom. The molecule has 0 saturated heterocycles. The molecular formula is C12H13N5O2S. The number of amides is 3. The number of primary amides is 1. The second-order valence-electron chi connectivity index (χ2n) is 3.97. The standard InChI is InChI=1S/C12H13N5O2S/c13-11(19)16-8-3-1-7(2-4-8)15-10(18)5-9-6-20-12(14)17-9/h1-4,6H,5H2,(H2,14,17)(H,15,18)(H3,13,16,19). The maximum atomic E-state index is 11.8. The summed E-state index contributed by atoms with van der Waals surface area (Å²) in [4.78, 5) is 26.5. The number of benzene rings is 1. The second kappa shape index (κ2) is 6.02. The zero-order valence-corrected chi connectivity index (χ0v) is 11.2. The summed E-state index contributed by atoms with van der Waals surface area (Å²) in [7, 11) is 0. The molecule has 8 heteroatoms. The first-order valence-electron chi connectivity index (χ1n) is 5.69. The molecule has 0 radical (unpaired) electrons. The van der Waals surface area contributed by atoms with Gasteiger partial charge >= 0.3 is 6.03 Å². The minimum atomic E-state index is -0.636. The van der Waals surface area contributed by atoms with Crippen molar-refractivity contribution in [2.24, 2.45) is 5.73 Å². The van der Waals surface area contributed by atoms with Crippen molar-refractivity contribution >= 4 is 39.8 Å². The minimum absolute atomic E-state index is 0.162. The maximum Gasteiger partial charge on any atom is 0.316 e. The first-order chi connectivity index (χ1) is 9.52. The number of nitrogen functional groups attached to an aromatic ring is 1. The zero-order valence-electron chi connectivity index (χ0n) is 10.4.